The third-order valence-electron chi connectivity index (χ3n) is 4.70. The van der Waals surface area contributed by atoms with Gasteiger partial charge in [-0.15, -0.1) is 0 Å². The topological polar surface area (TPSA) is 36.9 Å². The van der Waals surface area contributed by atoms with E-state index in [1.165, 1.54) is 0 Å². The lowest BCUT2D eigenvalue weighted by Crippen LogP contribution is -2.24. The molecule has 0 atom stereocenters. The quantitative estimate of drug-likeness (QED) is 0.311. The molecule has 0 saturated carbocycles. The molecule has 2 aromatic rings. The van der Waals surface area contributed by atoms with E-state index in [0.29, 0.717) is 30.6 Å². The second-order valence-electron chi connectivity index (χ2n) is 7.97. The van der Waals surface area contributed by atoms with Crippen molar-refractivity contribution in [2.45, 2.75) is 45.1 Å². The Hall–Kier alpha value is -1.75. The summed E-state index contributed by atoms with van der Waals surface area (Å²) >= 11 is 17.4. The van der Waals surface area contributed by atoms with Crippen LogP contribution < -0.4 is 18.9 Å². The molecule has 1 aliphatic heterocycles. The average Bonchev–Trinajstić information content (AvgIpc) is 3.01. The first-order chi connectivity index (χ1) is 14.8. The molecule has 3 rings (SSSR count). The number of hydrogen-bond acceptors (Lipinski definition) is 4. The Balaban J connectivity index is 1.35. The minimum Gasteiger partial charge on any atom is -0.493 e. The number of benzene rings is 2. The number of hydrogen-bond donors (Lipinski definition) is 0. The highest BCUT2D eigenvalue weighted by atomic mass is 35.5. The van der Waals surface area contributed by atoms with Crippen LogP contribution in [0, 0.1) is 0 Å². The van der Waals surface area contributed by atoms with Crippen LogP contribution in [0.4, 0.5) is 0 Å². The maximum absolute atomic E-state index is 6.24. The normalized spacial score (nSPS) is 13.8. The van der Waals surface area contributed by atoms with E-state index < -0.39 is 0 Å². The minimum atomic E-state index is -0.224. The van der Waals surface area contributed by atoms with Crippen LogP contribution in [-0.4, -0.2) is 25.4 Å². The highest BCUT2D eigenvalue weighted by Gasteiger charge is 2.32. The van der Waals surface area contributed by atoms with E-state index in [9.17, 15) is 0 Å². The lowest BCUT2D eigenvalue weighted by Gasteiger charge is -2.18. The summed E-state index contributed by atoms with van der Waals surface area (Å²) in [5, 5.41) is 0.677. The van der Waals surface area contributed by atoms with Crippen molar-refractivity contribution in [2.24, 2.45) is 0 Å². The van der Waals surface area contributed by atoms with E-state index in [1.807, 2.05) is 36.4 Å². The van der Waals surface area contributed by atoms with Gasteiger partial charge in [-0.05, 0) is 57.4 Å². The summed E-state index contributed by atoms with van der Waals surface area (Å²) in [4.78, 5) is 0. The van der Waals surface area contributed by atoms with Gasteiger partial charge >= 0.3 is 0 Å². The maximum Gasteiger partial charge on any atom is 0.165 e. The third-order valence-corrected chi connectivity index (χ3v) is 5.23. The van der Waals surface area contributed by atoms with Gasteiger partial charge in [0.15, 0.2) is 11.5 Å². The fourth-order valence-corrected chi connectivity index (χ4v) is 3.71. The van der Waals surface area contributed by atoms with Crippen LogP contribution in [0.1, 0.15) is 38.7 Å². The van der Waals surface area contributed by atoms with Gasteiger partial charge in [0.25, 0.3) is 0 Å². The van der Waals surface area contributed by atoms with Crippen molar-refractivity contribution in [1.82, 2.24) is 0 Å². The van der Waals surface area contributed by atoms with Crippen molar-refractivity contribution in [3.05, 3.63) is 57.6 Å². The Bertz CT molecular complexity index is 908. The molecule has 0 saturated heterocycles. The Morgan fingerprint density at radius 3 is 2.45 bits per heavy atom. The van der Waals surface area contributed by atoms with E-state index in [1.54, 1.807) is 6.08 Å². The molecule has 0 radical (unpaired) electrons. The van der Waals surface area contributed by atoms with Crippen molar-refractivity contribution in [1.29, 1.82) is 0 Å². The SMILES string of the molecule is CC1(C)Cc2cc(Cl)cc(OCCCCCOc3cccc(OCC=C(Cl)Cl)c3)c2O1. The molecule has 1 aliphatic rings. The lowest BCUT2D eigenvalue weighted by molar-refractivity contribution is 0.132. The van der Waals surface area contributed by atoms with Gasteiger partial charge in [-0.3, -0.25) is 0 Å². The largest absolute Gasteiger partial charge is 0.493 e. The van der Waals surface area contributed by atoms with Gasteiger partial charge in [0.1, 0.15) is 28.2 Å². The molecule has 1 heterocycles. The molecule has 0 spiro atoms. The summed E-state index contributed by atoms with van der Waals surface area (Å²) in [6.45, 7) is 5.68. The molecule has 0 aliphatic carbocycles. The Morgan fingerprint density at radius 2 is 1.71 bits per heavy atom. The van der Waals surface area contributed by atoms with Gasteiger partial charge in [0.05, 0.1) is 13.2 Å². The number of rotatable bonds is 11. The summed E-state index contributed by atoms with van der Waals surface area (Å²) in [7, 11) is 0. The van der Waals surface area contributed by atoms with Crippen molar-refractivity contribution in [2.75, 3.05) is 19.8 Å². The molecule has 2 aromatic carbocycles. The summed E-state index contributed by atoms with van der Waals surface area (Å²) in [5.74, 6) is 3.02. The number of halogens is 3. The first-order valence-corrected chi connectivity index (χ1v) is 11.5. The Labute approximate surface area is 199 Å². The molecule has 0 aromatic heterocycles. The summed E-state index contributed by atoms with van der Waals surface area (Å²) < 4.78 is 23.6. The molecule has 0 unspecified atom stereocenters. The number of ether oxygens (including phenoxy) is 4. The predicted octanol–water partition coefficient (Wildman–Crippen LogP) is 7.38. The summed E-state index contributed by atoms with van der Waals surface area (Å²) in [6.07, 6.45) is 5.26. The van der Waals surface area contributed by atoms with Gasteiger partial charge < -0.3 is 18.9 Å². The Morgan fingerprint density at radius 1 is 1.00 bits per heavy atom. The molecule has 0 N–H and O–H groups in total. The zero-order valence-electron chi connectivity index (χ0n) is 17.8. The monoisotopic (exact) mass is 484 g/mol. The lowest BCUT2D eigenvalue weighted by atomic mass is 10.0. The van der Waals surface area contributed by atoms with E-state index in [2.05, 4.69) is 13.8 Å². The molecule has 168 valence electrons. The molecular weight excluding hydrogens is 459 g/mol. The van der Waals surface area contributed by atoms with E-state index in [-0.39, 0.29) is 10.1 Å². The van der Waals surface area contributed by atoms with Gasteiger partial charge in [-0.1, -0.05) is 40.9 Å². The number of unbranched alkanes of at least 4 members (excludes halogenated alkanes) is 2. The highest BCUT2D eigenvalue weighted by Crippen LogP contribution is 2.43. The first-order valence-electron chi connectivity index (χ1n) is 10.3. The van der Waals surface area contributed by atoms with E-state index in [0.717, 1.165) is 48.5 Å². The zero-order valence-corrected chi connectivity index (χ0v) is 20.0. The Kier molecular flexibility index (Phi) is 8.65. The minimum absolute atomic E-state index is 0.187. The molecule has 0 bridgehead atoms. The molecule has 31 heavy (non-hydrogen) atoms. The third kappa shape index (κ3) is 7.71. The maximum atomic E-state index is 6.24. The van der Waals surface area contributed by atoms with Crippen molar-refractivity contribution >= 4 is 34.8 Å². The van der Waals surface area contributed by atoms with Gasteiger partial charge in [-0.25, -0.2) is 0 Å². The van der Waals surface area contributed by atoms with E-state index in [4.69, 9.17) is 53.8 Å². The fourth-order valence-electron chi connectivity index (χ4n) is 3.36. The standard InChI is InChI=1S/C24H27Cl3O4/c1-24(2)16-17-13-18(25)14-21(23(17)31-24)30-11-5-3-4-10-28-19-7-6-8-20(15-19)29-12-9-22(26)27/h6-9,13-15H,3-5,10-12,16H2,1-2H3. The molecular formula is C24H27Cl3O4. The van der Waals surface area contributed by atoms with Crippen LogP contribution in [0.3, 0.4) is 0 Å². The van der Waals surface area contributed by atoms with Crippen molar-refractivity contribution in [3.63, 3.8) is 0 Å². The zero-order chi connectivity index (χ0) is 22.3. The van der Waals surface area contributed by atoms with Crippen LogP contribution >= 0.6 is 34.8 Å². The van der Waals surface area contributed by atoms with Gasteiger partial charge in [0, 0.05) is 29.1 Å². The molecule has 0 amide bonds. The van der Waals surface area contributed by atoms with Gasteiger partial charge in [0.2, 0.25) is 0 Å². The van der Waals surface area contributed by atoms with Crippen LogP contribution in [0.25, 0.3) is 0 Å². The highest BCUT2D eigenvalue weighted by molar-refractivity contribution is 6.55. The first kappa shape index (κ1) is 23.9. The van der Waals surface area contributed by atoms with Crippen molar-refractivity contribution < 1.29 is 18.9 Å². The molecule has 0 fully saturated rings. The molecule has 4 nitrogen and oxygen atoms in total. The summed E-state index contributed by atoms with van der Waals surface area (Å²) in [6, 6.07) is 11.3. The summed E-state index contributed by atoms with van der Waals surface area (Å²) in [5.41, 5.74) is 0.882. The van der Waals surface area contributed by atoms with Crippen LogP contribution in [0.5, 0.6) is 23.0 Å². The number of fused-ring (bicyclic) bond motifs is 1. The fraction of sp³-hybridized carbons (Fsp3) is 0.417. The van der Waals surface area contributed by atoms with E-state index >= 15 is 0 Å². The molecule has 7 heteroatoms. The predicted molar refractivity (Wildman–Crippen MR) is 126 cm³/mol. The smallest absolute Gasteiger partial charge is 0.165 e. The second-order valence-corrected chi connectivity index (χ2v) is 9.41. The average molecular weight is 486 g/mol. The second kappa shape index (κ2) is 11.2. The van der Waals surface area contributed by atoms with Gasteiger partial charge in [-0.2, -0.15) is 0 Å². The van der Waals surface area contributed by atoms with Crippen LogP contribution in [0.15, 0.2) is 47.0 Å². The van der Waals surface area contributed by atoms with Crippen LogP contribution in [-0.2, 0) is 6.42 Å². The van der Waals surface area contributed by atoms with Crippen LogP contribution in [0.2, 0.25) is 5.02 Å². The van der Waals surface area contributed by atoms with Crippen molar-refractivity contribution in [3.8, 4) is 23.0 Å².